The first-order valence-electron chi connectivity index (χ1n) is 7.88. The van der Waals surface area contributed by atoms with E-state index in [1.807, 2.05) is 6.92 Å². The Morgan fingerprint density at radius 1 is 1.05 bits per heavy atom. The number of rotatable bonds is 12. The van der Waals surface area contributed by atoms with Crippen LogP contribution in [0.3, 0.4) is 0 Å². The van der Waals surface area contributed by atoms with Crippen LogP contribution in [0, 0.1) is 5.41 Å². The van der Waals surface area contributed by atoms with Gasteiger partial charge < -0.3 is 19.7 Å². The average molecular weight is 290 g/mol. The van der Waals surface area contributed by atoms with Crippen LogP contribution in [0.2, 0.25) is 0 Å². The third-order valence-corrected chi connectivity index (χ3v) is 4.50. The van der Waals surface area contributed by atoms with Gasteiger partial charge in [-0.3, -0.25) is 0 Å². The van der Waals surface area contributed by atoms with Gasteiger partial charge in [-0.05, 0) is 39.5 Å². The molecule has 0 saturated heterocycles. The van der Waals surface area contributed by atoms with Gasteiger partial charge in [-0.1, -0.05) is 20.8 Å². The highest BCUT2D eigenvalue weighted by Crippen LogP contribution is 2.27. The summed E-state index contributed by atoms with van der Waals surface area (Å²) in [7, 11) is 0. The van der Waals surface area contributed by atoms with Gasteiger partial charge in [0, 0.05) is 12.0 Å². The highest BCUT2D eigenvalue weighted by Gasteiger charge is 2.32. The molecule has 0 bridgehead atoms. The van der Waals surface area contributed by atoms with Crippen LogP contribution in [0.1, 0.15) is 60.3 Å². The van der Waals surface area contributed by atoms with E-state index in [0.29, 0.717) is 19.6 Å². The third kappa shape index (κ3) is 6.53. The molecule has 0 spiro atoms. The molecule has 2 unspecified atom stereocenters. The van der Waals surface area contributed by atoms with Crippen LogP contribution in [0.5, 0.6) is 0 Å². The van der Waals surface area contributed by atoms with Gasteiger partial charge in [0.05, 0.1) is 31.5 Å². The predicted molar refractivity (Wildman–Crippen MR) is 81.9 cm³/mol. The van der Waals surface area contributed by atoms with Crippen molar-refractivity contribution in [2.45, 2.75) is 72.0 Å². The van der Waals surface area contributed by atoms with Crippen LogP contribution in [0.25, 0.3) is 0 Å². The first-order valence-corrected chi connectivity index (χ1v) is 7.88. The summed E-state index contributed by atoms with van der Waals surface area (Å²) in [6.07, 6.45) is 3.69. The Kier molecular flexibility index (Phi) is 9.64. The Morgan fingerprint density at radius 3 is 2.05 bits per heavy atom. The summed E-state index contributed by atoms with van der Waals surface area (Å²) in [5.41, 5.74) is -0.799. The topological polar surface area (TPSA) is 58.9 Å². The fourth-order valence-electron chi connectivity index (χ4n) is 1.74. The molecular formula is C16H34O4. The Morgan fingerprint density at radius 2 is 1.65 bits per heavy atom. The van der Waals surface area contributed by atoms with Gasteiger partial charge in [-0.2, -0.15) is 0 Å². The second-order valence-electron chi connectivity index (χ2n) is 6.10. The van der Waals surface area contributed by atoms with E-state index in [2.05, 4.69) is 27.7 Å². The van der Waals surface area contributed by atoms with Crippen molar-refractivity contribution in [3.05, 3.63) is 0 Å². The normalized spacial score (nSPS) is 16.9. The van der Waals surface area contributed by atoms with E-state index in [9.17, 15) is 10.2 Å². The SMILES string of the molecule is CCC(C)OCCC(C)(CC)OCC(CC)(CO)CO. The summed E-state index contributed by atoms with van der Waals surface area (Å²) >= 11 is 0. The lowest BCUT2D eigenvalue weighted by Gasteiger charge is -2.35. The van der Waals surface area contributed by atoms with Crippen molar-refractivity contribution in [1.82, 2.24) is 0 Å². The molecule has 0 fully saturated rings. The van der Waals surface area contributed by atoms with Gasteiger partial charge in [-0.15, -0.1) is 0 Å². The maximum atomic E-state index is 9.46. The Hall–Kier alpha value is -0.160. The van der Waals surface area contributed by atoms with E-state index in [0.717, 1.165) is 19.3 Å². The van der Waals surface area contributed by atoms with E-state index in [1.165, 1.54) is 0 Å². The molecule has 20 heavy (non-hydrogen) atoms. The largest absolute Gasteiger partial charge is 0.396 e. The van der Waals surface area contributed by atoms with Crippen molar-refractivity contribution in [1.29, 1.82) is 0 Å². The van der Waals surface area contributed by atoms with Gasteiger partial charge in [0.2, 0.25) is 0 Å². The van der Waals surface area contributed by atoms with Gasteiger partial charge >= 0.3 is 0 Å². The molecule has 0 aromatic rings. The zero-order valence-corrected chi connectivity index (χ0v) is 13.9. The second-order valence-corrected chi connectivity index (χ2v) is 6.10. The van der Waals surface area contributed by atoms with Crippen LogP contribution >= 0.6 is 0 Å². The van der Waals surface area contributed by atoms with Crippen molar-refractivity contribution >= 4 is 0 Å². The Bertz CT molecular complexity index is 232. The van der Waals surface area contributed by atoms with Crippen LogP contribution < -0.4 is 0 Å². The van der Waals surface area contributed by atoms with E-state index >= 15 is 0 Å². The molecular weight excluding hydrogens is 256 g/mol. The third-order valence-electron chi connectivity index (χ3n) is 4.50. The fraction of sp³-hybridized carbons (Fsp3) is 1.00. The van der Waals surface area contributed by atoms with E-state index in [1.54, 1.807) is 0 Å². The van der Waals surface area contributed by atoms with Crippen molar-refractivity contribution in [3.8, 4) is 0 Å². The minimum atomic E-state index is -0.534. The predicted octanol–water partition coefficient (Wildman–Crippen LogP) is 2.76. The highest BCUT2D eigenvalue weighted by atomic mass is 16.5. The van der Waals surface area contributed by atoms with Crippen LogP contribution in [-0.2, 0) is 9.47 Å². The maximum absolute atomic E-state index is 9.46. The molecule has 0 saturated carbocycles. The quantitative estimate of drug-likeness (QED) is 0.580. The molecule has 0 rings (SSSR count). The lowest BCUT2D eigenvalue weighted by molar-refractivity contribution is -0.115. The van der Waals surface area contributed by atoms with Crippen molar-refractivity contribution in [3.63, 3.8) is 0 Å². The van der Waals surface area contributed by atoms with Gasteiger partial charge in [0.25, 0.3) is 0 Å². The standard InChI is InChI=1S/C16H34O4/c1-6-14(4)19-10-9-15(5,7-2)20-13-16(8-3,11-17)12-18/h14,17-18H,6-13H2,1-5H3. The van der Waals surface area contributed by atoms with E-state index in [-0.39, 0.29) is 24.9 Å². The van der Waals surface area contributed by atoms with E-state index in [4.69, 9.17) is 9.47 Å². The minimum Gasteiger partial charge on any atom is -0.396 e. The first-order chi connectivity index (χ1) is 9.40. The van der Waals surface area contributed by atoms with Gasteiger partial charge in [0.1, 0.15) is 0 Å². The molecule has 2 N–H and O–H groups in total. The number of aliphatic hydroxyl groups is 2. The summed E-state index contributed by atoms with van der Waals surface area (Å²) < 4.78 is 11.8. The highest BCUT2D eigenvalue weighted by molar-refractivity contribution is 4.80. The molecule has 122 valence electrons. The first kappa shape index (κ1) is 19.8. The summed E-state index contributed by atoms with van der Waals surface area (Å²) in [5.74, 6) is 0. The molecule has 4 nitrogen and oxygen atoms in total. The fourth-order valence-corrected chi connectivity index (χ4v) is 1.74. The zero-order valence-electron chi connectivity index (χ0n) is 13.9. The summed E-state index contributed by atoms with van der Waals surface area (Å²) in [4.78, 5) is 0. The molecule has 0 aliphatic heterocycles. The van der Waals surface area contributed by atoms with Crippen LogP contribution in [-0.4, -0.2) is 48.3 Å². The van der Waals surface area contributed by atoms with Crippen LogP contribution in [0.15, 0.2) is 0 Å². The van der Waals surface area contributed by atoms with Crippen molar-refractivity contribution < 1.29 is 19.7 Å². The number of hydrogen-bond donors (Lipinski definition) is 2. The van der Waals surface area contributed by atoms with Crippen LogP contribution in [0.4, 0.5) is 0 Å². The van der Waals surface area contributed by atoms with Gasteiger partial charge in [-0.25, -0.2) is 0 Å². The summed E-state index contributed by atoms with van der Waals surface area (Å²) in [6, 6.07) is 0. The number of hydrogen-bond acceptors (Lipinski definition) is 4. The van der Waals surface area contributed by atoms with Crippen molar-refractivity contribution in [2.24, 2.45) is 5.41 Å². The smallest absolute Gasteiger partial charge is 0.0674 e. The molecule has 0 aromatic carbocycles. The zero-order chi connectivity index (χ0) is 15.6. The lowest BCUT2D eigenvalue weighted by atomic mass is 9.87. The molecule has 0 heterocycles. The molecule has 0 aliphatic carbocycles. The second kappa shape index (κ2) is 9.72. The molecule has 0 radical (unpaired) electrons. The van der Waals surface area contributed by atoms with E-state index < -0.39 is 5.41 Å². The molecule has 0 aromatic heterocycles. The Balaban J connectivity index is 4.35. The minimum absolute atomic E-state index is 0.0524. The number of aliphatic hydroxyl groups excluding tert-OH is 2. The van der Waals surface area contributed by atoms with Crippen molar-refractivity contribution in [2.75, 3.05) is 26.4 Å². The molecule has 4 heteroatoms. The molecule has 0 aliphatic rings. The monoisotopic (exact) mass is 290 g/mol. The average Bonchev–Trinajstić information content (AvgIpc) is 2.49. The molecule has 2 atom stereocenters. The lowest BCUT2D eigenvalue weighted by Crippen LogP contribution is -2.40. The summed E-state index contributed by atoms with van der Waals surface area (Å²) in [6.45, 7) is 11.3. The maximum Gasteiger partial charge on any atom is 0.0674 e. The van der Waals surface area contributed by atoms with Gasteiger partial charge in [0.15, 0.2) is 0 Å². The Labute approximate surface area is 124 Å². The number of ether oxygens (including phenoxy) is 2. The summed E-state index contributed by atoms with van der Waals surface area (Å²) in [5, 5.41) is 18.9. The molecule has 0 amide bonds.